The van der Waals surface area contributed by atoms with E-state index in [2.05, 4.69) is 4.98 Å². The predicted octanol–water partition coefficient (Wildman–Crippen LogP) is 2.32. The lowest BCUT2D eigenvalue weighted by atomic mass is 10.3. The first-order valence-electron chi connectivity index (χ1n) is 4.78. The van der Waals surface area contributed by atoms with Crippen LogP contribution in [0.1, 0.15) is 18.9 Å². The summed E-state index contributed by atoms with van der Waals surface area (Å²) < 4.78 is 18.0. The van der Waals surface area contributed by atoms with Gasteiger partial charge in [0.25, 0.3) is 0 Å². The SMILES string of the molecule is CCC(F)COc1ncc(CN)cc1Cl. The summed E-state index contributed by atoms with van der Waals surface area (Å²) in [5.74, 6) is 0.255. The minimum Gasteiger partial charge on any atom is -0.474 e. The smallest absolute Gasteiger partial charge is 0.232 e. The highest BCUT2D eigenvalue weighted by Gasteiger charge is 2.08. The maximum absolute atomic E-state index is 12.9. The fourth-order valence-electron chi connectivity index (χ4n) is 0.970. The zero-order chi connectivity index (χ0) is 11.3. The monoisotopic (exact) mass is 232 g/mol. The molecule has 1 aromatic heterocycles. The van der Waals surface area contributed by atoms with Gasteiger partial charge in [0.15, 0.2) is 0 Å². The van der Waals surface area contributed by atoms with Crippen LogP contribution in [0.3, 0.4) is 0 Å². The summed E-state index contributed by atoms with van der Waals surface area (Å²) in [4.78, 5) is 3.95. The highest BCUT2D eigenvalue weighted by Crippen LogP contribution is 2.22. The van der Waals surface area contributed by atoms with Gasteiger partial charge in [-0.2, -0.15) is 0 Å². The van der Waals surface area contributed by atoms with E-state index in [0.717, 1.165) is 5.56 Å². The first-order chi connectivity index (χ1) is 7.17. The summed E-state index contributed by atoms with van der Waals surface area (Å²) in [7, 11) is 0. The third-order valence-electron chi connectivity index (χ3n) is 1.94. The Hall–Kier alpha value is -0.870. The van der Waals surface area contributed by atoms with Crippen LogP contribution in [0.4, 0.5) is 4.39 Å². The molecule has 5 heteroatoms. The van der Waals surface area contributed by atoms with E-state index in [1.165, 1.54) is 0 Å². The standard InChI is InChI=1S/C10H14ClFN2O/c1-2-8(12)6-15-10-9(11)3-7(4-13)5-14-10/h3,5,8H,2,4,6,13H2,1H3. The van der Waals surface area contributed by atoms with Crippen LogP contribution in [0, 0.1) is 0 Å². The molecule has 2 N–H and O–H groups in total. The molecule has 0 spiro atoms. The molecular weight excluding hydrogens is 219 g/mol. The first kappa shape index (κ1) is 12.2. The van der Waals surface area contributed by atoms with Gasteiger partial charge in [0.1, 0.15) is 17.8 Å². The van der Waals surface area contributed by atoms with Crippen LogP contribution in [0.15, 0.2) is 12.3 Å². The quantitative estimate of drug-likeness (QED) is 0.848. The lowest BCUT2D eigenvalue weighted by Crippen LogP contribution is -2.12. The van der Waals surface area contributed by atoms with Gasteiger partial charge < -0.3 is 10.5 Å². The molecule has 0 aliphatic heterocycles. The summed E-state index contributed by atoms with van der Waals surface area (Å²) in [6.07, 6.45) is 0.996. The molecule has 0 saturated heterocycles. The van der Waals surface area contributed by atoms with Crippen molar-refractivity contribution >= 4 is 11.6 Å². The van der Waals surface area contributed by atoms with Crippen LogP contribution in [0.5, 0.6) is 5.88 Å². The molecule has 1 heterocycles. The molecule has 0 aromatic carbocycles. The van der Waals surface area contributed by atoms with Gasteiger partial charge in [-0.25, -0.2) is 9.37 Å². The maximum atomic E-state index is 12.9. The lowest BCUT2D eigenvalue weighted by molar-refractivity contribution is 0.186. The Bertz CT molecular complexity index is 322. The van der Waals surface area contributed by atoms with Crippen LogP contribution in [0.2, 0.25) is 5.02 Å². The van der Waals surface area contributed by atoms with Crippen LogP contribution >= 0.6 is 11.6 Å². The number of hydrogen-bond donors (Lipinski definition) is 1. The molecular formula is C10H14ClFN2O. The Morgan fingerprint density at radius 2 is 2.40 bits per heavy atom. The highest BCUT2D eigenvalue weighted by atomic mass is 35.5. The second-order valence-electron chi connectivity index (χ2n) is 3.15. The molecule has 1 atom stereocenters. The average Bonchev–Trinajstić information content (AvgIpc) is 2.26. The Morgan fingerprint density at radius 1 is 1.67 bits per heavy atom. The molecule has 0 aliphatic rings. The molecule has 3 nitrogen and oxygen atoms in total. The van der Waals surface area contributed by atoms with Gasteiger partial charge >= 0.3 is 0 Å². The van der Waals surface area contributed by atoms with Crippen molar-refractivity contribution in [3.05, 3.63) is 22.8 Å². The lowest BCUT2D eigenvalue weighted by Gasteiger charge is -2.09. The minimum absolute atomic E-state index is 0.0226. The van der Waals surface area contributed by atoms with Gasteiger partial charge in [-0.15, -0.1) is 0 Å². The van der Waals surface area contributed by atoms with Gasteiger partial charge in [0.2, 0.25) is 5.88 Å². The number of rotatable bonds is 5. The van der Waals surface area contributed by atoms with Gasteiger partial charge in [0, 0.05) is 12.7 Å². The Balaban J connectivity index is 2.62. The fourth-order valence-corrected chi connectivity index (χ4v) is 1.21. The van der Waals surface area contributed by atoms with E-state index in [1.807, 2.05) is 0 Å². The summed E-state index contributed by atoms with van der Waals surface area (Å²) >= 11 is 5.87. The van der Waals surface area contributed by atoms with Crippen LogP contribution in [0.25, 0.3) is 0 Å². The number of aromatic nitrogens is 1. The fraction of sp³-hybridized carbons (Fsp3) is 0.500. The van der Waals surface area contributed by atoms with E-state index < -0.39 is 6.17 Å². The van der Waals surface area contributed by atoms with Gasteiger partial charge in [0.05, 0.1) is 0 Å². The maximum Gasteiger partial charge on any atom is 0.232 e. The molecule has 0 bridgehead atoms. The highest BCUT2D eigenvalue weighted by molar-refractivity contribution is 6.31. The van der Waals surface area contributed by atoms with E-state index in [1.54, 1.807) is 19.2 Å². The molecule has 0 amide bonds. The Kier molecular flexibility index (Phi) is 4.78. The Morgan fingerprint density at radius 3 is 2.93 bits per heavy atom. The van der Waals surface area contributed by atoms with Crippen LogP contribution in [-0.4, -0.2) is 17.8 Å². The number of halogens is 2. The first-order valence-corrected chi connectivity index (χ1v) is 5.16. The van der Waals surface area contributed by atoms with Gasteiger partial charge in [-0.05, 0) is 18.1 Å². The molecule has 15 heavy (non-hydrogen) atoms. The van der Waals surface area contributed by atoms with E-state index in [0.29, 0.717) is 18.0 Å². The zero-order valence-electron chi connectivity index (χ0n) is 8.54. The number of nitrogens with two attached hydrogens (primary N) is 1. The van der Waals surface area contributed by atoms with Crippen molar-refractivity contribution in [2.24, 2.45) is 5.73 Å². The minimum atomic E-state index is -0.989. The van der Waals surface area contributed by atoms with E-state index in [9.17, 15) is 4.39 Å². The van der Waals surface area contributed by atoms with Crippen molar-refractivity contribution in [3.8, 4) is 5.88 Å². The number of ether oxygens (including phenoxy) is 1. The number of pyridine rings is 1. The second-order valence-corrected chi connectivity index (χ2v) is 3.56. The van der Waals surface area contributed by atoms with E-state index in [-0.39, 0.29) is 12.5 Å². The van der Waals surface area contributed by atoms with Gasteiger partial charge in [-0.1, -0.05) is 18.5 Å². The second kappa shape index (κ2) is 5.88. The normalized spacial score (nSPS) is 12.5. The number of nitrogens with zero attached hydrogens (tertiary/aromatic N) is 1. The van der Waals surface area contributed by atoms with E-state index in [4.69, 9.17) is 22.1 Å². The van der Waals surface area contributed by atoms with E-state index >= 15 is 0 Å². The zero-order valence-corrected chi connectivity index (χ0v) is 9.30. The average molecular weight is 233 g/mol. The topological polar surface area (TPSA) is 48.1 Å². The van der Waals surface area contributed by atoms with Crippen molar-refractivity contribution in [1.82, 2.24) is 4.98 Å². The number of hydrogen-bond acceptors (Lipinski definition) is 3. The molecule has 84 valence electrons. The van der Waals surface area contributed by atoms with Crippen molar-refractivity contribution < 1.29 is 9.13 Å². The van der Waals surface area contributed by atoms with Crippen molar-refractivity contribution in [2.75, 3.05) is 6.61 Å². The molecule has 0 aliphatic carbocycles. The number of alkyl halides is 1. The molecule has 0 saturated carbocycles. The van der Waals surface area contributed by atoms with Crippen molar-refractivity contribution in [3.63, 3.8) is 0 Å². The largest absolute Gasteiger partial charge is 0.474 e. The van der Waals surface area contributed by atoms with Crippen molar-refractivity contribution in [2.45, 2.75) is 26.1 Å². The molecule has 0 radical (unpaired) electrons. The summed E-state index contributed by atoms with van der Waals surface area (Å²) in [5.41, 5.74) is 6.23. The summed E-state index contributed by atoms with van der Waals surface area (Å²) in [6.45, 7) is 2.10. The molecule has 1 unspecified atom stereocenters. The van der Waals surface area contributed by atoms with Crippen molar-refractivity contribution in [1.29, 1.82) is 0 Å². The van der Waals surface area contributed by atoms with Crippen LogP contribution < -0.4 is 10.5 Å². The third-order valence-corrected chi connectivity index (χ3v) is 2.21. The van der Waals surface area contributed by atoms with Crippen LogP contribution in [-0.2, 0) is 6.54 Å². The van der Waals surface area contributed by atoms with Gasteiger partial charge in [-0.3, -0.25) is 0 Å². The predicted molar refractivity (Wildman–Crippen MR) is 57.8 cm³/mol. The molecule has 1 rings (SSSR count). The Labute approximate surface area is 93.4 Å². The third kappa shape index (κ3) is 3.64. The summed E-state index contributed by atoms with van der Waals surface area (Å²) in [5, 5.41) is 0.362. The summed E-state index contributed by atoms with van der Waals surface area (Å²) in [6, 6.07) is 1.67. The molecule has 0 fully saturated rings. The molecule has 1 aromatic rings.